The number of hydrogen-bond acceptors (Lipinski definition) is 1. The third kappa shape index (κ3) is 5.09. The average molecular weight is 865 g/mol. The fourth-order valence-electron chi connectivity index (χ4n) is 11.3. The number of fused-ring (bicyclic) bond motifs is 12. The van der Waals surface area contributed by atoms with Crippen molar-refractivity contribution in [2.24, 2.45) is 0 Å². The Morgan fingerprint density at radius 2 is 0.529 bits per heavy atom. The van der Waals surface area contributed by atoms with Crippen LogP contribution in [0.2, 0.25) is 0 Å². The summed E-state index contributed by atoms with van der Waals surface area (Å²) < 4.78 is 9.07. The van der Waals surface area contributed by atoms with E-state index >= 15 is 0 Å². The summed E-state index contributed by atoms with van der Waals surface area (Å²) in [5.74, 6) is 0. The highest BCUT2D eigenvalue weighted by molar-refractivity contribution is 6.15. The number of rotatable bonds is 5. The van der Waals surface area contributed by atoms with E-state index in [9.17, 15) is 11.8 Å². The Hall–Kier alpha value is -9.62. The van der Waals surface area contributed by atoms with Crippen molar-refractivity contribution < 1.29 is 0 Å². The molecular weight excluding hydrogens is 829 g/mol. The fourth-order valence-corrected chi connectivity index (χ4v) is 11.3. The maximum atomic E-state index is 12.2. The lowest BCUT2D eigenvalue weighted by Crippen LogP contribution is -2.08. The molecule has 0 bridgehead atoms. The second-order valence-electron chi connectivity index (χ2n) is 17.4. The van der Waals surface area contributed by atoms with Gasteiger partial charge in [-0.1, -0.05) is 146 Å². The van der Waals surface area contributed by atoms with Gasteiger partial charge in [0.1, 0.15) is 6.07 Å². The van der Waals surface area contributed by atoms with Crippen LogP contribution in [0, 0.1) is 17.9 Å². The summed E-state index contributed by atoms with van der Waals surface area (Å²) in [5.41, 5.74) is 13.3. The lowest BCUT2D eigenvalue weighted by molar-refractivity contribution is 1.12. The molecule has 14 rings (SSSR count). The predicted molar refractivity (Wildman–Crippen MR) is 280 cm³/mol. The maximum Gasteiger partial charge on any atom is 0.220 e. The molecule has 0 unspecified atom stereocenters. The largest absolute Gasteiger partial charge is 0.319 e. The van der Waals surface area contributed by atoms with Gasteiger partial charge in [-0.05, 0) is 72.8 Å². The SMILES string of the molecule is [C-]#[N+]c1c(-n2c3ccccc3c3ccccc32)ccc(-n2c3ccccc3c3ccccc32)c1-c1c(-n2c3ccccc3c3ccccc32)ccc(-n2c3ccccc3c3ccccc32)c1C#N. The van der Waals surface area contributed by atoms with Gasteiger partial charge in [0.15, 0.2) is 0 Å². The van der Waals surface area contributed by atoms with Gasteiger partial charge in [-0.2, -0.15) is 5.26 Å². The molecule has 0 aliphatic carbocycles. The van der Waals surface area contributed by atoms with Crippen molar-refractivity contribution in [3.8, 4) is 39.9 Å². The molecule has 4 aromatic heterocycles. The Morgan fingerprint density at radius 1 is 0.294 bits per heavy atom. The lowest BCUT2D eigenvalue weighted by atomic mass is 9.92. The zero-order chi connectivity index (χ0) is 45.0. The van der Waals surface area contributed by atoms with Crippen molar-refractivity contribution >= 4 is 92.9 Å². The molecule has 0 saturated heterocycles. The Labute approximate surface area is 390 Å². The lowest BCUT2D eigenvalue weighted by Gasteiger charge is -2.24. The summed E-state index contributed by atoms with van der Waals surface area (Å²) in [6.07, 6.45) is 0. The summed E-state index contributed by atoms with van der Waals surface area (Å²) in [5, 5.41) is 21.0. The minimum atomic E-state index is 0.439. The fraction of sp³-hybridized carbons (Fsp3) is 0. The van der Waals surface area contributed by atoms with E-state index in [0.29, 0.717) is 22.4 Å². The molecule has 4 heterocycles. The molecule has 0 aliphatic heterocycles. The van der Waals surface area contributed by atoms with E-state index in [0.717, 1.165) is 110 Å². The molecule has 6 nitrogen and oxygen atoms in total. The summed E-state index contributed by atoms with van der Waals surface area (Å²) >= 11 is 0. The molecule has 0 amide bonds. The van der Waals surface area contributed by atoms with E-state index in [2.05, 4.69) is 248 Å². The monoisotopic (exact) mass is 864 g/mol. The van der Waals surface area contributed by atoms with Crippen LogP contribution in [-0.2, 0) is 0 Å². The second-order valence-corrected chi connectivity index (χ2v) is 17.4. The molecular formula is C62H36N6. The van der Waals surface area contributed by atoms with Crippen molar-refractivity contribution in [2.75, 3.05) is 0 Å². The molecule has 314 valence electrons. The van der Waals surface area contributed by atoms with Crippen LogP contribution < -0.4 is 0 Å². The molecule has 0 atom stereocenters. The van der Waals surface area contributed by atoms with Crippen LogP contribution >= 0.6 is 0 Å². The normalized spacial score (nSPS) is 11.8. The third-order valence-corrected chi connectivity index (χ3v) is 14.1. The second kappa shape index (κ2) is 14.4. The molecule has 0 N–H and O–H groups in total. The maximum absolute atomic E-state index is 12.2. The highest BCUT2D eigenvalue weighted by atomic mass is 15.0. The number of hydrogen-bond donors (Lipinski definition) is 0. The highest BCUT2D eigenvalue weighted by Gasteiger charge is 2.30. The van der Waals surface area contributed by atoms with Crippen molar-refractivity contribution in [2.45, 2.75) is 0 Å². The number of nitriles is 1. The van der Waals surface area contributed by atoms with Gasteiger partial charge in [-0.3, -0.25) is 0 Å². The van der Waals surface area contributed by atoms with E-state index in [1.807, 2.05) is 0 Å². The first-order valence-electron chi connectivity index (χ1n) is 22.8. The third-order valence-electron chi connectivity index (χ3n) is 14.1. The number of para-hydroxylation sites is 8. The zero-order valence-corrected chi connectivity index (χ0v) is 36.5. The van der Waals surface area contributed by atoms with E-state index in [1.54, 1.807) is 0 Å². The van der Waals surface area contributed by atoms with Crippen LogP contribution in [0.3, 0.4) is 0 Å². The number of nitrogens with zero attached hydrogens (tertiary/aromatic N) is 6. The standard InChI is InChI=1S/C62H36N6/c1-64-62-59(68-54-32-16-8-24-45(54)46-25-9-17-33-55(46)68)37-36-58(67-52-30-14-6-22-43(52)44-23-7-15-31-53(44)67)61(62)60-47(38-63)56(65-48-26-10-2-18-39(48)40-19-3-11-27-49(40)65)34-35-57(60)66-50-28-12-4-20-41(50)42-21-5-13-29-51(42)66/h2-37H. The van der Waals surface area contributed by atoms with Gasteiger partial charge < -0.3 is 18.3 Å². The molecule has 0 radical (unpaired) electrons. The highest BCUT2D eigenvalue weighted by Crippen LogP contribution is 2.50. The van der Waals surface area contributed by atoms with Crippen LogP contribution in [0.25, 0.3) is 126 Å². The number of aromatic nitrogens is 4. The number of benzene rings is 10. The van der Waals surface area contributed by atoms with Crippen LogP contribution in [0.5, 0.6) is 0 Å². The molecule has 0 aliphatic rings. The quantitative estimate of drug-likeness (QED) is 0.159. The first-order chi connectivity index (χ1) is 33.7. The van der Waals surface area contributed by atoms with Crippen molar-refractivity contribution in [3.63, 3.8) is 0 Å². The summed E-state index contributed by atoms with van der Waals surface area (Å²) in [7, 11) is 0. The van der Waals surface area contributed by atoms with E-state index in [1.165, 1.54) is 0 Å². The molecule has 0 fully saturated rings. The molecule has 0 spiro atoms. The summed E-state index contributed by atoms with van der Waals surface area (Å²) in [6.45, 7) is 9.49. The molecule has 0 saturated carbocycles. The van der Waals surface area contributed by atoms with Gasteiger partial charge in [0.2, 0.25) is 5.69 Å². The molecule has 68 heavy (non-hydrogen) atoms. The van der Waals surface area contributed by atoms with Crippen molar-refractivity contribution in [1.82, 2.24) is 18.3 Å². The van der Waals surface area contributed by atoms with Crippen LogP contribution in [0.4, 0.5) is 5.69 Å². The average Bonchev–Trinajstić information content (AvgIpc) is 4.13. The Kier molecular flexibility index (Phi) is 8.01. The topological polar surface area (TPSA) is 47.9 Å². The van der Waals surface area contributed by atoms with Gasteiger partial charge in [-0.15, -0.1) is 0 Å². The minimum absolute atomic E-state index is 0.439. The van der Waals surface area contributed by atoms with Crippen LogP contribution in [-0.4, -0.2) is 18.3 Å². The molecule has 6 heteroatoms. The van der Waals surface area contributed by atoms with Gasteiger partial charge in [0, 0.05) is 59.9 Å². The summed E-state index contributed by atoms with van der Waals surface area (Å²) in [4.78, 5) is 4.65. The van der Waals surface area contributed by atoms with Crippen LogP contribution in [0.15, 0.2) is 218 Å². The van der Waals surface area contributed by atoms with E-state index < -0.39 is 0 Å². The van der Waals surface area contributed by atoms with Crippen LogP contribution in [0.1, 0.15) is 5.56 Å². The predicted octanol–water partition coefficient (Wildman–Crippen LogP) is 16.2. The van der Waals surface area contributed by atoms with Gasteiger partial charge in [0.05, 0.1) is 73.3 Å². The van der Waals surface area contributed by atoms with Crippen molar-refractivity contribution in [1.29, 1.82) is 5.26 Å². The first-order valence-corrected chi connectivity index (χ1v) is 22.8. The van der Waals surface area contributed by atoms with Gasteiger partial charge >= 0.3 is 0 Å². The first kappa shape index (κ1) is 37.7. The van der Waals surface area contributed by atoms with E-state index in [-0.39, 0.29) is 0 Å². The zero-order valence-electron chi connectivity index (χ0n) is 36.5. The van der Waals surface area contributed by atoms with Gasteiger partial charge in [0.25, 0.3) is 0 Å². The van der Waals surface area contributed by atoms with Crippen molar-refractivity contribution in [3.05, 3.63) is 235 Å². The minimum Gasteiger partial charge on any atom is -0.319 e. The summed E-state index contributed by atoms with van der Waals surface area (Å²) in [6, 6.07) is 79.0. The Bertz CT molecular complexity index is 4030. The van der Waals surface area contributed by atoms with Gasteiger partial charge in [-0.25, -0.2) is 4.85 Å². The Balaban J connectivity index is 1.23. The molecule has 10 aromatic carbocycles. The van der Waals surface area contributed by atoms with E-state index in [4.69, 9.17) is 0 Å². The smallest absolute Gasteiger partial charge is 0.220 e. The Morgan fingerprint density at radius 3 is 0.824 bits per heavy atom. The molecule has 14 aromatic rings.